The van der Waals surface area contributed by atoms with Crippen LogP contribution in [0.15, 0.2) is 35.3 Å². The largest absolute Gasteiger partial charge is 0.310 e. The van der Waals surface area contributed by atoms with Crippen molar-refractivity contribution in [1.82, 2.24) is 5.32 Å². The van der Waals surface area contributed by atoms with Crippen LogP contribution >= 0.6 is 15.9 Å². The summed E-state index contributed by atoms with van der Waals surface area (Å²) in [5.74, 6) is 0. The summed E-state index contributed by atoms with van der Waals surface area (Å²) < 4.78 is 1.18. The van der Waals surface area contributed by atoms with Crippen molar-refractivity contribution in [1.29, 1.82) is 0 Å². The van der Waals surface area contributed by atoms with E-state index in [-0.39, 0.29) is 0 Å². The number of hydrogen-bond acceptors (Lipinski definition) is 1. The van der Waals surface area contributed by atoms with E-state index in [9.17, 15) is 0 Å². The first-order valence-corrected chi connectivity index (χ1v) is 8.08. The lowest BCUT2D eigenvalue weighted by atomic mass is 9.98. The number of benzene rings is 1. The van der Waals surface area contributed by atoms with E-state index in [1.165, 1.54) is 41.3 Å². The van der Waals surface area contributed by atoms with Gasteiger partial charge in [-0.25, -0.2) is 0 Å². The fraction of sp³-hybridized carbons (Fsp3) is 0.529. The van der Waals surface area contributed by atoms with Crippen molar-refractivity contribution in [2.45, 2.75) is 52.0 Å². The lowest BCUT2D eigenvalue weighted by Crippen LogP contribution is -2.21. The molecule has 0 aromatic heterocycles. The van der Waals surface area contributed by atoms with Gasteiger partial charge < -0.3 is 5.32 Å². The predicted molar refractivity (Wildman–Crippen MR) is 88.6 cm³/mol. The zero-order chi connectivity index (χ0) is 14.1. The van der Waals surface area contributed by atoms with Gasteiger partial charge in [-0.05, 0) is 56.0 Å². The molecule has 1 aromatic carbocycles. The first kappa shape index (κ1) is 16.5. The van der Waals surface area contributed by atoms with Crippen LogP contribution in [0, 0.1) is 6.92 Å². The highest BCUT2D eigenvalue weighted by Gasteiger charge is 2.10. The first-order valence-electron chi connectivity index (χ1n) is 7.28. The summed E-state index contributed by atoms with van der Waals surface area (Å²) in [6.45, 7) is 9.12. The van der Waals surface area contributed by atoms with Crippen molar-refractivity contribution in [2.75, 3.05) is 6.54 Å². The summed E-state index contributed by atoms with van der Waals surface area (Å²) in [5, 5.41) is 3.60. The predicted octanol–water partition coefficient (Wildman–Crippen LogP) is 5.54. The van der Waals surface area contributed by atoms with Gasteiger partial charge in [0, 0.05) is 10.5 Å². The van der Waals surface area contributed by atoms with Crippen LogP contribution in [0.5, 0.6) is 0 Å². The Bertz CT molecular complexity index is 367. The van der Waals surface area contributed by atoms with Crippen LogP contribution < -0.4 is 5.32 Å². The number of rotatable bonds is 9. The average Bonchev–Trinajstić information content (AvgIpc) is 2.36. The highest BCUT2D eigenvalue weighted by atomic mass is 79.9. The Morgan fingerprint density at radius 2 is 2.05 bits per heavy atom. The Kier molecular flexibility index (Phi) is 8.08. The molecule has 0 spiro atoms. The normalized spacial score (nSPS) is 12.4. The van der Waals surface area contributed by atoms with Crippen LogP contribution in [0.25, 0.3) is 0 Å². The lowest BCUT2D eigenvalue weighted by molar-refractivity contribution is 0.483. The van der Waals surface area contributed by atoms with Gasteiger partial charge in [0.05, 0.1) is 0 Å². The van der Waals surface area contributed by atoms with Crippen molar-refractivity contribution >= 4 is 15.9 Å². The molecule has 0 amide bonds. The van der Waals surface area contributed by atoms with Crippen LogP contribution in [-0.4, -0.2) is 6.54 Å². The third kappa shape index (κ3) is 6.40. The summed E-state index contributed by atoms with van der Waals surface area (Å²) in [6, 6.07) is 7.17. The quantitative estimate of drug-likeness (QED) is 0.464. The summed E-state index contributed by atoms with van der Waals surface area (Å²) in [5.41, 5.74) is 2.72. The van der Waals surface area contributed by atoms with E-state index in [1.54, 1.807) is 0 Å². The Labute approximate surface area is 126 Å². The zero-order valence-electron chi connectivity index (χ0n) is 12.2. The van der Waals surface area contributed by atoms with Gasteiger partial charge in [0.2, 0.25) is 0 Å². The first-order chi connectivity index (χ1) is 9.17. The van der Waals surface area contributed by atoms with Crippen molar-refractivity contribution < 1.29 is 0 Å². The van der Waals surface area contributed by atoms with Crippen LogP contribution in [0.4, 0.5) is 0 Å². The monoisotopic (exact) mass is 323 g/mol. The number of allylic oxidation sites excluding steroid dienone is 1. The van der Waals surface area contributed by atoms with E-state index in [0.717, 1.165) is 13.0 Å². The number of halogens is 1. The van der Waals surface area contributed by atoms with Gasteiger partial charge in [-0.1, -0.05) is 47.8 Å². The number of nitrogens with one attached hydrogen (secondary N) is 1. The number of aryl methyl sites for hydroxylation is 1. The molecule has 0 aliphatic carbocycles. The Morgan fingerprint density at radius 3 is 2.68 bits per heavy atom. The smallest absolute Gasteiger partial charge is 0.0320 e. The van der Waals surface area contributed by atoms with Gasteiger partial charge in [0.25, 0.3) is 0 Å². The second-order valence-electron chi connectivity index (χ2n) is 5.10. The topological polar surface area (TPSA) is 12.0 Å². The van der Waals surface area contributed by atoms with Crippen molar-refractivity contribution in [3.63, 3.8) is 0 Å². The minimum absolute atomic E-state index is 0.477. The molecule has 1 aromatic rings. The summed E-state index contributed by atoms with van der Waals surface area (Å²) >= 11 is 3.60. The van der Waals surface area contributed by atoms with Crippen molar-refractivity contribution in [3.8, 4) is 0 Å². The fourth-order valence-corrected chi connectivity index (χ4v) is 3.04. The van der Waals surface area contributed by atoms with E-state index >= 15 is 0 Å². The molecule has 1 atom stereocenters. The molecular weight excluding hydrogens is 298 g/mol. The van der Waals surface area contributed by atoms with Gasteiger partial charge in [-0.15, -0.1) is 6.58 Å². The van der Waals surface area contributed by atoms with Crippen LogP contribution in [0.3, 0.4) is 0 Å². The highest BCUT2D eigenvalue weighted by molar-refractivity contribution is 9.10. The Hall–Kier alpha value is -0.600. The van der Waals surface area contributed by atoms with Crippen molar-refractivity contribution in [3.05, 3.63) is 46.5 Å². The third-order valence-electron chi connectivity index (χ3n) is 3.32. The fourth-order valence-electron chi connectivity index (χ4n) is 2.41. The molecule has 1 rings (SSSR count). The van der Waals surface area contributed by atoms with Gasteiger partial charge in [0.15, 0.2) is 0 Å². The maximum absolute atomic E-state index is 3.77. The third-order valence-corrected chi connectivity index (χ3v) is 3.78. The standard InChI is InChI=1S/C17H26BrN/c1-4-6-7-8-9-10-17(19-5-2)15-11-14(3)12-16(18)13-15/h4,11-13,17,19H,1,5-10H2,2-3H3. The lowest BCUT2D eigenvalue weighted by Gasteiger charge is -2.19. The molecule has 0 heterocycles. The highest BCUT2D eigenvalue weighted by Crippen LogP contribution is 2.24. The molecule has 1 unspecified atom stereocenters. The minimum atomic E-state index is 0.477. The molecule has 0 saturated heterocycles. The SMILES string of the molecule is C=CCCCCCC(NCC)c1cc(C)cc(Br)c1. The molecule has 0 aliphatic rings. The molecule has 2 heteroatoms. The average molecular weight is 324 g/mol. The van der Waals surface area contributed by atoms with E-state index < -0.39 is 0 Å². The molecule has 19 heavy (non-hydrogen) atoms. The summed E-state index contributed by atoms with van der Waals surface area (Å²) in [7, 11) is 0. The van der Waals surface area contributed by atoms with Crippen LogP contribution in [0.1, 0.15) is 56.2 Å². The molecular formula is C17H26BrN. The van der Waals surface area contributed by atoms with Gasteiger partial charge in [0.1, 0.15) is 0 Å². The number of unbranched alkanes of at least 4 members (excludes halogenated alkanes) is 3. The van der Waals surface area contributed by atoms with Gasteiger partial charge in [-0.3, -0.25) is 0 Å². The maximum Gasteiger partial charge on any atom is 0.0320 e. The van der Waals surface area contributed by atoms with Crippen molar-refractivity contribution in [2.24, 2.45) is 0 Å². The maximum atomic E-state index is 3.77. The molecule has 1 nitrogen and oxygen atoms in total. The van der Waals surface area contributed by atoms with Crippen LogP contribution in [-0.2, 0) is 0 Å². The molecule has 0 fully saturated rings. The second kappa shape index (κ2) is 9.33. The van der Waals surface area contributed by atoms with E-state index in [4.69, 9.17) is 0 Å². The van der Waals surface area contributed by atoms with E-state index in [0.29, 0.717) is 6.04 Å². The Balaban J connectivity index is 2.57. The van der Waals surface area contributed by atoms with E-state index in [2.05, 4.69) is 59.9 Å². The Morgan fingerprint density at radius 1 is 1.26 bits per heavy atom. The minimum Gasteiger partial charge on any atom is -0.310 e. The molecule has 0 saturated carbocycles. The second-order valence-corrected chi connectivity index (χ2v) is 6.01. The summed E-state index contributed by atoms with van der Waals surface area (Å²) in [4.78, 5) is 0. The zero-order valence-corrected chi connectivity index (χ0v) is 13.8. The van der Waals surface area contributed by atoms with Crippen LogP contribution in [0.2, 0.25) is 0 Å². The molecule has 0 bridgehead atoms. The number of hydrogen-bond donors (Lipinski definition) is 1. The molecule has 0 radical (unpaired) electrons. The molecule has 106 valence electrons. The molecule has 0 aliphatic heterocycles. The van der Waals surface area contributed by atoms with E-state index in [1.807, 2.05) is 6.08 Å². The molecule has 1 N–H and O–H groups in total. The summed E-state index contributed by atoms with van der Waals surface area (Å²) in [6.07, 6.45) is 8.19. The van der Waals surface area contributed by atoms with Gasteiger partial charge >= 0.3 is 0 Å². The van der Waals surface area contributed by atoms with Gasteiger partial charge in [-0.2, -0.15) is 0 Å².